The molecule has 1 amide bonds. The Bertz CT molecular complexity index is 864. The van der Waals surface area contributed by atoms with Crippen LogP contribution in [0, 0.1) is 0 Å². The number of hydrogen-bond acceptors (Lipinski definition) is 5. The van der Waals surface area contributed by atoms with Gasteiger partial charge in [-0.1, -0.05) is 30.3 Å². The highest BCUT2D eigenvalue weighted by molar-refractivity contribution is 5.98. The van der Waals surface area contributed by atoms with Crippen LogP contribution < -0.4 is 14.8 Å². The third-order valence-electron chi connectivity index (χ3n) is 4.33. The van der Waals surface area contributed by atoms with E-state index in [0.717, 1.165) is 6.42 Å². The SMILES string of the molecule is O=C(CCC(=O)c1ccc2c(c1)OCCCO2)NC(C(=O)O)c1ccccc1. The molecule has 0 fully saturated rings. The average molecular weight is 383 g/mol. The fraction of sp³-hybridized carbons (Fsp3) is 0.286. The summed E-state index contributed by atoms with van der Waals surface area (Å²) < 4.78 is 11.1. The zero-order valence-electron chi connectivity index (χ0n) is 15.2. The largest absolute Gasteiger partial charge is 0.490 e. The summed E-state index contributed by atoms with van der Waals surface area (Å²) in [5.41, 5.74) is 0.896. The van der Waals surface area contributed by atoms with Crippen LogP contribution in [0.2, 0.25) is 0 Å². The summed E-state index contributed by atoms with van der Waals surface area (Å²) in [5.74, 6) is -0.771. The third-order valence-corrected chi connectivity index (χ3v) is 4.33. The minimum Gasteiger partial charge on any atom is -0.490 e. The van der Waals surface area contributed by atoms with Crippen molar-refractivity contribution >= 4 is 17.7 Å². The van der Waals surface area contributed by atoms with Crippen molar-refractivity contribution in [3.8, 4) is 11.5 Å². The Morgan fingerprint density at radius 2 is 1.68 bits per heavy atom. The van der Waals surface area contributed by atoms with Gasteiger partial charge in [-0.25, -0.2) is 4.79 Å². The average Bonchev–Trinajstić information content (AvgIpc) is 2.95. The molecule has 2 N–H and O–H groups in total. The lowest BCUT2D eigenvalue weighted by molar-refractivity contribution is -0.142. The van der Waals surface area contributed by atoms with Crippen molar-refractivity contribution in [3.05, 3.63) is 59.7 Å². The van der Waals surface area contributed by atoms with E-state index in [1.807, 2.05) is 0 Å². The molecule has 0 saturated carbocycles. The topological polar surface area (TPSA) is 102 Å². The second kappa shape index (κ2) is 9.03. The maximum atomic E-state index is 12.4. The molecule has 28 heavy (non-hydrogen) atoms. The minimum absolute atomic E-state index is 0.0351. The summed E-state index contributed by atoms with van der Waals surface area (Å²) in [6.45, 7) is 1.08. The first-order valence-corrected chi connectivity index (χ1v) is 9.04. The molecule has 1 aliphatic heterocycles. The van der Waals surface area contributed by atoms with Gasteiger partial charge in [0.05, 0.1) is 13.2 Å². The summed E-state index contributed by atoms with van der Waals surface area (Å²) in [5, 5.41) is 11.8. The number of carbonyl (C=O) groups is 3. The van der Waals surface area contributed by atoms with Gasteiger partial charge >= 0.3 is 5.97 Å². The number of hydrogen-bond donors (Lipinski definition) is 2. The van der Waals surface area contributed by atoms with Gasteiger partial charge in [0.15, 0.2) is 23.3 Å². The van der Waals surface area contributed by atoms with Crippen LogP contribution in [-0.2, 0) is 9.59 Å². The second-order valence-electron chi connectivity index (χ2n) is 6.38. The smallest absolute Gasteiger partial charge is 0.330 e. The Labute approximate surface area is 162 Å². The first kappa shape index (κ1) is 19.4. The Morgan fingerprint density at radius 3 is 2.39 bits per heavy atom. The summed E-state index contributed by atoms with van der Waals surface area (Å²) in [4.78, 5) is 36.0. The van der Waals surface area contributed by atoms with Crippen molar-refractivity contribution in [2.24, 2.45) is 0 Å². The molecule has 2 aromatic carbocycles. The van der Waals surface area contributed by atoms with Crippen LogP contribution in [-0.4, -0.2) is 36.0 Å². The van der Waals surface area contributed by atoms with Gasteiger partial charge in [-0.3, -0.25) is 9.59 Å². The second-order valence-corrected chi connectivity index (χ2v) is 6.38. The quantitative estimate of drug-likeness (QED) is 0.713. The van der Waals surface area contributed by atoms with Gasteiger partial charge in [0.2, 0.25) is 5.91 Å². The van der Waals surface area contributed by atoms with E-state index >= 15 is 0 Å². The van der Waals surface area contributed by atoms with E-state index in [1.165, 1.54) is 0 Å². The van der Waals surface area contributed by atoms with Gasteiger partial charge in [0.1, 0.15) is 0 Å². The fourth-order valence-corrected chi connectivity index (χ4v) is 2.87. The van der Waals surface area contributed by atoms with Crippen LogP contribution in [0.25, 0.3) is 0 Å². The maximum Gasteiger partial charge on any atom is 0.330 e. The van der Waals surface area contributed by atoms with Crippen molar-refractivity contribution in [1.82, 2.24) is 5.32 Å². The maximum absolute atomic E-state index is 12.4. The number of carboxylic acids is 1. The lowest BCUT2D eigenvalue weighted by Crippen LogP contribution is -2.33. The molecule has 0 radical (unpaired) electrons. The molecule has 1 unspecified atom stereocenters. The molecule has 0 aliphatic carbocycles. The van der Waals surface area contributed by atoms with Crippen molar-refractivity contribution < 1.29 is 29.0 Å². The number of rotatable bonds is 7. The molecular weight excluding hydrogens is 362 g/mol. The fourth-order valence-electron chi connectivity index (χ4n) is 2.87. The van der Waals surface area contributed by atoms with E-state index in [2.05, 4.69) is 5.32 Å². The van der Waals surface area contributed by atoms with Crippen molar-refractivity contribution in [3.63, 3.8) is 0 Å². The van der Waals surface area contributed by atoms with Gasteiger partial charge in [0.25, 0.3) is 0 Å². The molecule has 0 aromatic heterocycles. The first-order valence-electron chi connectivity index (χ1n) is 9.04. The Balaban J connectivity index is 1.59. The van der Waals surface area contributed by atoms with Crippen LogP contribution in [0.3, 0.4) is 0 Å². The summed E-state index contributed by atoms with van der Waals surface area (Å²) in [6.07, 6.45) is 0.626. The summed E-state index contributed by atoms with van der Waals surface area (Å²) in [6, 6.07) is 12.2. The number of fused-ring (bicyclic) bond motifs is 1. The van der Waals surface area contributed by atoms with Gasteiger partial charge < -0.3 is 19.9 Å². The van der Waals surface area contributed by atoms with Crippen LogP contribution in [0.1, 0.15) is 41.2 Å². The van der Waals surface area contributed by atoms with E-state index in [1.54, 1.807) is 48.5 Å². The van der Waals surface area contributed by atoms with E-state index < -0.39 is 17.9 Å². The number of amides is 1. The molecule has 2 aromatic rings. The molecule has 0 bridgehead atoms. The number of ether oxygens (including phenoxy) is 2. The number of carbonyl (C=O) groups excluding carboxylic acids is 2. The lowest BCUT2D eigenvalue weighted by atomic mass is 10.0. The third kappa shape index (κ3) is 4.88. The van der Waals surface area contributed by atoms with Gasteiger partial charge in [0, 0.05) is 24.8 Å². The normalized spacial score (nSPS) is 13.9. The number of Topliss-reactive ketones (excluding diaryl/α,β-unsaturated/α-hetero) is 1. The van der Waals surface area contributed by atoms with Crippen molar-refractivity contribution in [2.45, 2.75) is 25.3 Å². The molecule has 1 heterocycles. The molecule has 1 atom stereocenters. The molecule has 3 rings (SSSR count). The number of benzene rings is 2. The summed E-state index contributed by atoms with van der Waals surface area (Å²) in [7, 11) is 0. The summed E-state index contributed by atoms with van der Waals surface area (Å²) >= 11 is 0. The zero-order chi connectivity index (χ0) is 19.9. The van der Waals surface area contributed by atoms with Gasteiger partial charge in [-0.15, -0.1) is 0 Å². The molecule has 1 aliphatic rings. The Morgan fingerprint density at radius 1 is 0.964 bits per heavy atom. The standard InChI is InChI=1S/C21H21NO6/c23-16(15-7-9-17-18(13-15)28-12-4-11-27-17)8-10-19(24)22-20(21(25)26)14-5-2-1-3-6-14/h1-3,5-7,9,13,20H,4,8,10-12H2,(H,22,24)(H,25,26). The van der Waals surface area contributed by atoms with E-state index in [9.17, 15) is 19.5 Å². The number of nitrogens with one attached hydrogen (secondary N) is 1. The first-order chi connectivity index (χ1) is 13.5. The minimum atomic E-state index is -1.16. The monoisotopic (exact) mass is 383 g/mol. The molecule has 7 heteroatoms. The molecule has 146 valence electrons. The van der Waals surface area contributed by atoms with Crippen LogP contribution in [0.15, 0.2) is 48.5 Å². The predicted molar refractivity (Wildman–Crippen MR) is 101 cm³/mol. The van der Waals surface area contributed by atoms with E-state index in [4.69, 9.17) is 9.47 Å². The zero-order valence-corrected chi connectivity index (χ0v) is 15.2. The van der Waals surface area contributed by atoms with Gasteiger partial charge in [-0.2, -0.15) is 0 Å². The number of ketones is 1. The predicted octanol–water partition coefficient (Wildman–Crippen LogP) is 2.75. The lowest BCUT2D eigenvalue weighted by Gasteiger charge is -2.14. The molecule has 7 nitrogen and oxygen atoms in total. The number of carboxylic acid groups (broad SMARTS) is 1. The highest BCUT2D eigenvalue weighted by Crippen LogP contribution is 2.30. The molecular formula is C21H21NO6. The number of aliphatic carboxylic acids is 1. The van der Waals surface area contributed by atoms with E-state index in [-0.39, 0.29) is 18.6 Å². The van der Waals surface area contributed by atoms with Crippen LogP contribution in [0.4, 0.5) is 0 Å². The van der Waals surface area contributed by atoms with Crippen molar-refractivity contribution in [2.75, 3.05) is 13.2 Å². The van der Waals surface area contributed by atoms with Crippen LogP contribution in [0.5, 0.6) is 11.5 Å². The highest BCUT2D eigenvalue weighted by atomic mass is 16.5. The highest BCUT2D eigenvalue weighted by Gasteiger charge is 2.22. The van der Waals surface area contributed by atoms with Crippen molar-refractivity contribution in [1.29, 1.82) is 0 Å². The molecule has 0 saturated heterocycles. The van der Waals surface area contributed by atoms with Crippen LogP contribution >= 0.6 is 0 Å². The van der Waals surface area contributed by atoms with Gasteiger partial charge in [-0.05, 0) is 23.8 Å². The Hall–Kier alpha value is -3.35. The Kier molecular flexibility index (Phi) is 6.26. The molecule has 0 spiro atoms. The van der Waals surface area contributed by atoms with E-state index in [0.29, 0.717) is 35.8 Å².